The maximum atomic E-state index is 11.4. The van der Waals surface area contributed by atoms with Crippen molar-refractivity contribution in [3.63, 3.8) is 0 Å². The maximum absolute atomic E-state index is 11.4. The first-order valence-corrected chi connectivity index (χ1v) is 30.4. The molecule has 0 spiro atoms. The summed E-state index contributed by atoms with van der Waals surface area (Å²) in [5, 5.41) is 54.8. The molecule has 0 aromatic heterocycles. The summed E-state index contributed by atoms with van der Waals surface area (Å²) in [5.41, 5.74) is 9.27. The van der Waals surface area contributed by atoms with Crippen molar-refractivity contribution in [1.29, 1.82) is 0 Å². The van der Waals surface area contributed by atoms with Gasteiger partial charge in [0.05, 0.1) is 51.8 Å². The van der Waals surface area contributed by atoms with Crippen molar-refractivity contribution in [3.05, 3.63) is 188 Å². The molecule has 5 aromatic carbocycles. The van der Waals surface area contributed by atoms with Crippen LogP contribution in [0.25, 0.3) is 0 Å². The molecule has 5 atom stereocenters. The zero-order chi connectivity index (χ0) is 57.5. The van der Waals surface area contributed by atoms with Gasteiger partial charge in [-0.25, -0.2) is 0 Å². The largest absolute Gasteiger partial charge is 0.393 e. The highest BCUT2D eigenvalue weighted by Crippen LogP contribution is 2.47. The van der Waals surface area contributed by atoms with Crippen LogP contribution in [0.3, 0.4) is 0 Å². The standard InChI is InChI=1S/C19H27NO2.C17H17Cl2NO.C16H23NO2.C16H21NO2/c1-3-12-22-16-8-10-19(21,11-9-16)18-14-20(2)13-15-6-4-5-7-17(15)18;1-20-9-12-4-2-3-5-13(12)14(10-20)17(21)11-6-7-15(18)16(19)8-11;2*1-17-10-12-4-2-3-5-14(12)15(11-17)16(19)8-6-13(18)7-9-16/h3-7,16,18,21H,1,8-14H2,2H3;2-8,14,17,21H,9-10H2,1H3;2-5,13,15,18-19H,6-11H2,1H3;2-5,15,19H,6-11H2,1H3. The van der Waals surface area contributed by atoms with E-state index >= 15 is 0 Å². The number of carbonyl (C=O) groups excluding carboxylic acids is 1. The van der Waals surface area contributed by atoms with Crippen LogP contribution < -0.4 is 0 Å². The number of rotatable bonds is 8. The number of fused-ring (bicyclic) bond motifs is 4. The number of carbonyl (C=O) groups is 1. The summed E-state index contributed by atoms with van der Waals surface area (Å²) in [4.78, 5) is 20.5. The Kier molecular flexibility index (Phi) is 20.5. The molecule has 0 amide bonds. The molecule has 3 saturated carbocycles. The summed E-state index contributed by atoms with van der Waals surface area (Å²) in [6, 6.07) is 39.1. The van der Waals surface area contributed by atoms with Crippen LogP contribution in [-0.2, 0) is 35.7 Å². The number of hydrogen-bond acceptors (Lipinski definition) is 11. The summed E-state index contributed by atoms with van der Waals surface area (Å²) >= 11 is 12.0. The molecule has 81 heavy (non-hydrogen) atoms. The Bertz CT molecular complexity index is 2890. The van der Waals surface area contributed by atoms with E-state index in [9.17, 15) is 30.3 Å². The lowest BCUT2D eigenvalue weighted by Crippen LogP contribution is -2.47. The summed E-state index contributed by atoms with van der Waals surface area (Å²) < 4.78 is 5.76. The van der Waals surface area contributed by atoms with Crippen molar-refractivity contribution < 1.29 is 35.1 Å². The highest BCUT2D eigenvalue weighted by molar-refractivity contribution is 6.42. The molecule has 436 valence electrons. The molecule has 4 heterocycles. The number of ketones is 1. The number of Topliss-reactive ketones (excluding diaryl/α,β-unsaturated/α-hetero) is 1. The Morgan fingerprint density at radius 2 is 0.938 bits per heavy atom. The van der Waals surface area contributed by atoms with Gasteiger partial charge in [-0.1, -0.05) is 132 Å². The van der Waals surface area contributed by atoms with Gasteiger partial charge in [0.25, 0.3) is 0 Å². The molecule has 5 unspecified atom stereocenters. The lowest BCUT2D eigenvalue weighted by atomic mass is 9.70. The molecule has 5 aromatic rings. The van der Waals surface area contributed by atoms with Crippen LogP contribution >= 0.6 is 23.2 Å². The van der Waals surface area contributed by atoms with Gasteiger partial charge < -0.3 is 49.9 Å². The van der Waals surface area contributed by atoms with Gasteiger partial charge in [-0.3, -0.25) is 4.79 Å². The molecule has 4 aliphatic heterocycles. The average molecular weight is 1140 g/mol. The minimum Gasteiger partial charge on any atom is -0.393 e. The first kappa shape index (κ1) is 61.3. The number of aliphatic hydroxyl groups excluding tert-OH is 2. The SMILES string of the molecule is C=CCOC1CCC(O)(C2CN(C)Cc3ccccc32)CC1.CN1Cc2ccccc2C(C(O)c2ccc(Cl)c(Cl)c2)C1.CN1Cc2ccccc2C(C2(O)CCC(=O)CC2)C1.CN1Cc2ccccc2C(C2(O)CCC(O)CC2)C1. The number of ether oxygens (including phenoxy) is 1. The van der Waals surface area contributed by atoms with Gasteiger partial charge >= 0.3 is 0 Å². The van der Waals surface area contributed by atoms with Gasteiger partial charge in [0.2, 0.25) is 0 Å². The molecular formula is C68H88Cl2N4O7. The van der Waals surface area contributed by atoms with Crippen molar-refractivity contribution in [2.24, 2.45) is 0 Å². The third-order valence-electron chi connectivity index (χ3n) is 18.9. The smallest absolute Gasteiger partial charge is 0.133 e. The van der Waals surface area contributed by atoms with Crippen LogP contribution in [0.4, 0.5) is 0 Å². The molecule has 0 radical (unpaired) electrons. The number of aliphatic hydroxyl groups is 5. The van der Waals surface area contributed by atoms with E-state index in [-0.39, 0.29) is 35.9 Å². The van der Waals surface area contributed by atoms with Crippen LogP contribution in [0, 0.1) is 0 Å². The zero-order valence-electron chi connectivity index (χ0n) is 48.2. The van der Waals surface area contributed by atoms with E-state index in [0.717, 1.165) is 96.4 Å². The number of likely N-dealkylation sites (N-methyl/N-ethyl adjacent to an activating group) is 4. The average Bonchev–Trinajstić information content (AvgIpc) is 3.64. The normalized spacial score (nSPS) is 28.8. The quantitative estimate of drug-likeness (QED) is 0.0949. The van der Waals surface area contributed by atoms with Crippen molar-refractivity contribution in [2.75, 3.05) is 61.0 Å². The maximum Gasteiger partial charge on any atom is 0.133 e. The van der Waals surface area contributed by atoms with Gasteiger partial charge in [0.15, 0.2) is 0 Å². The van der Waals surface area contributed by atoms with E-state index in [4.69, 9.17) is 27.9 Å². The topological polar surface area (TPSA) is 140 Å². The molecule has 0 bridgehead atoms. The summed E-state index contributed by atoms with van der Waals surface area (Å²) in [6.45, 7) is 11.7. The molecule has 12 rings (SSSR count). The van der Waals surface area contributed by atoms with Crippen LogP contribution in [0.1, 0.15) is 157 Å². The van der Waals surface area contributed by atoms with Crippen molar-refractivity contribution in [1.82, 2.24) is 19.6 Å². The first-order valence-electron chi connectivity index (χ1n) is 29.6. The highest BCUT2D eigenvalue weighted by Gasteiger charge is 2.46. The molecule has 13 heteroatoms. The molecule has 7 aliphatic rings. The zero-order valence-corrected chi connectivity index (χ0v) is 49.8. The predicted octanol–water partition coefficient (Wildman–Crippen LogP) is 11.3. The molecule has 3 fully saturated rings. The second kappa shape index (κ2) is 27.2. The van der Waals surface area contributed by atoms with Crippen molar-refractivity contribution >= 4 is 29.0 Å². The third-order valence-corrected chi connectivity index (χ3v) is 19.6. The van der Waals surface area contributed by atoms with E-state index in [1.54, 1.807) is 18.2 Å². The molecule has 5 N–H and O–H groups in total. The second-order valence-electron chi connectivity index (χ2n) is 24.9. The lowest BCUT2D eigenvalue weighted by Gasteiger charge is -2.45. The van der Waals surface area contributed by atoms with Gasteiger partial charge in [-0.05, 0) is 155 Å². The number of hydrogen-bond donors (Lipinski definition) is 5. The first-order chi connectivity index (χ1) is 38.8. The van der Waals surface area contributed by atoms with E-state index in [1.165, 1.54) is 44.5 Å². The second-order valence-corrected chi connectivity index (χ2v) is 25.7. The fourth-order valence-corrected chi connectivity index (χ4v) is 14.6. The van der Waals surface area contributed by atoms with Crippen LogP contribution in [0.15, 0.2) is 128 Å². The summed E-state index contributed by atoms with van der Waals surface area (Å²) in [7, 11) is 8.43. The van der Waals surface area contributed by atoms with Crippen LogP contribution in [0.5, 0.6) is 0 Å². The fraction of sp³-hybridized carbons (Fsp3) is 0.515. The molecule has 3 aliphatic carbocycles. The Labute approximate surface area is 492 Å². The van der Waals surface area contributed by atoms with Gasteiger partial charge in [0.1, 0.15) is 5.78 Å². The summed E-state index contributed by atoms with van der Waals surface area (Å²) in [6.07, 6.45) is 9.90. The monoisotopic (exact) mass is 1140 g/mol. The molecular weight excluding hydrogens is 1060 g/mol. The van der Waals surface area contributed by atoms with E-state index < -0.39 is 22.9 Å². The predicted molar refractivity (Wildman–Crippen MR) is 325 cm³/mol. The number of nitrogens with zero attached hydrogens (tertiary/aromatic N) is 4. The van der Waals surface area contributed by atoms with Gasteiger partial charge in [-0.2, -0.15) is 0 Å². The molecule has 0 saturated heterocycles. The Morgan fingerprint density at radius 1 is 0.556 bits per heavy atom. The Balaban J connectivity index is 0.000000131. The van der Waals surface area contributed by atoms with Gasteiger partial charge in [-0.15, -0.1) is 6.58 Å². The Morgan fingerprint density at radius 3 is 1.37 bits per heavy atom. The van der Waals surface area contributed by atoms with Crippen molar-refractivity contribution in [2.45, 2.75) is 162 Å². The minimum atomic E-state index is -0.710. The van der Waals surface area contributed by atoms with E-state index in [2.05, 4.69) is 139 Å². The van der Waals surface area contributed by atoms with E-state index in [0.29, 0.717) is 61.0 Å². The Hall–Kier alpha value is -4.31. The van der Waals surface area contributed by atoms with Crippen molar-refractivity contribution in [3.8, 4) is 0 Å². The van der Waals surface area contributed by atoms with Crippen LogP contribution in [-0.4, -0.2) is 141 Å². The number of benzene rings is 5. The van der Waals surface area contributed by atoms with E-state index in [1.807, 2.05) is 18.2 Å². The lowest BCUT2D eigenvalue weighted by molar-refractivity contribution is -0.127. The third kappa shape index (κ3) is 14.8. The van der Waals surface area contributed by atoms with Crippen LogP contribution in [0.2, 0.25) is 10.0 Å². The summed E-state index contributed by atoms with van der Waals surface area (Å²) in [5.74, 6) is 0.854. The molecule has 11 nitrogen and oxygen atoms in total. The minimum absolute atomic E-state index is 0.0391. The number of halogens is 2. The fourth-order valence-electron chi connectivity index (χ4n) is 14.3. The highest BCUT2D eigenvalue weighted by atomic mass is 35.5. The van der Waals surface area contributed by atoms with Gasteiger partial charge in [0, 0.05) is 88.9 Å².